The second-order valence-corrected chi connectivity index (χ2v) is 11.4. The fraction of sp³-hybridized carbons (Fsp3) is 0.353. The van der Waals surface area contributed by atoms with E-state index >= 15 is 0 Å². The Labute approximate surface area is 180 Å². The number of halogens is 1. The molecule has 1 aliphatic heterocycles. The predicted octanol–water partition coefficient (Wildman–Crippen LogP) is 3.48. The van der Waals surface area contributed by atoms with E-state index < -0.39 is 10.0 Å². The Morgan fingerprint density at radius 1 is 1.28 bits per heavy atom. The van der Waals surface area contributed by atoms with Gasteiger partial charge < -0.3 is 4.42 Å². The third kappa shape index (κ3) is 4.69. The van der Waals surface area contributed by atoms with Crippen molar-refractivity contribution in [2.45, 2.75) is 23.5 Å². The summed E-state index contributed by atoms with van der Waals surface area (Å²) < 4.78 is 32.8. The maximum absolute atomic E-state index is 12.6. The van der Waals surface area contributed by atoms with Crippen LogP contribution in [0.25, 0.3) is 0 Å². The van der Waals surface area contributed by atoms with Gasteiger partial charge in [-0.05, 0) is 36.4 Å². The molecular weight excluding hydrogens is 456 g/mol. The predicted molar refractivity (Wildman–Crippen MR) is 111 cm³/mol. The van der Waals surface area contributed by atoms with Gasteiger partial charge in [0.1, 0.15) is 4.21 Å². The zero-order chi connectivity index (χ0) is 20.4. The molecule has 0 bridgehead atoms. The van der Waals surface area contributed by atoms with E-state index in [1.165, 1.54) is 10.4 Å². The number of nitrogens with zero attached hydrogens (tertiary/aromatic N) is 3. The van der Waals surface area contributed by atoms with E-state index in [2.05, 4.69) is 15.5 Å². The van der Waals surface area contributed by atoms with Crippen molar-refractivity contribution in [2.24, 2.45) is 5.92 Å². The highest BCUT2D eigenvalue weighted by molar-refractivity contribution is 7.91. The largest absolute Gasteiger partial charge is 0.407 e. The Kier molecular flexibility index (Phi) is 6.02. The number of aromatic nitrogens is 2. The Morgan fingerprint density at radius 3 is 2.72 bits per heavy atom. The van der Waals surface area contributed by atoms with Gasteiger partial charge in [-0.2, -0.15) is 4.31 Å². The summed E-state index contributed by atoms with van der Waals surface area (Å²) in [6.07, 6.45) is 1.35. The van der Waals surface area contributed by atoms with Gasteiger partial charge in [0.2, 0.25) is 11.8 Å². The van der Waals surface area contributed by atoms with E-state index in [0.717, 1.165) is 16.2 Å². The summed E-state index contributed by atoms with van der Waals surface area (Å²) >= 11 is 8.47. The lowest BCUT2D eigenvalue weighted by Crippen LogP contribution is -2.41. The molecular formula is C17H17ClN4O4S3. The number of rotatable bonds is 6. The zero-order valence-corrected chi connectivity index (χ0v) is 18.3. The highest BCUT2D eigenvalue weighted by atomic mass is 35.5. The summed E-state index contributed by atoms with van der Waals surface area (Å²) in [5, 5.41) is 12.4. The maximum atomic E-state index is 12.6. The van der Waals surface area contributed by atoms with Crippen molar-refractivity contribution in [3.63, 3.8) is 0 Å². The van der Waals surface area contributed by atoms with Crippen LogP contribution >= 0.6 is 34.3 Å². The molecule has 4 rings (SSSR count). The number of anilines is 1. The molecule has 1 amide bonds. The van der Waals surface area contributed by atoms with Crippen LogP contribution < -0.4 is 5.32 Å². The van der Waals surface area contributed by atoms with Crippen LogP contribution in [0.4, 0.5) is 6.01 Å². The van der Waals surface area contributed by atoms with Crippen LogP contribution in [0.3, 0.4) is 0 Å². The van der Waals surface area contributed by atoms with Crippen molar-refractivity contribution in [1.82, 2.24) is 14.5 Å². The van der Waals surface area contributed by atoms with Crippen LogP contribution in [0.2, 0.25) is 4.34 Å². The van der Waals surface area contributed by atoms with Gasteiger partial charge in [-0.25, -0.2) is 8.42 Å². The van der Waals surface area contributed by atoms with Gasteiger partial charge in [-0.15, -0.1) is 27.8 Å². The number of piperidine rings is 1. The molecule has 1 saturated heterocycles. The Balaban J connectivity index is 1.32. The Bertz CT molecular complexity index is 1090. The molecule has 3 aromatic rings. The van der Waals surface area contributed by atoms with E-state index in [-0.39, 0.29) is 35.1 Å². The molecule has 0 aliphatic carbocycles. The number of hydrogen-bond acceptors (Lipinski definition) is 8. The van der Waals surface area contributed by atoms with E-state index in [1.54, 1.807) is 17.4 Å². The van der Waals surface area contributed by atoms with Crippen molar-refractivity contribution in [3.8, 4) is 0 Å². The third-order valence-corrected chi connectivity index (χ3v) is 9.04. The smallest absolute Gasteiger partial charge is 0.322 e. The van der Waals surface area contributed by atoms with Crippen molar-refractivity contribution < 1.29 is 17.6 Å². The minimum absolute atomic E-state index is 0.0600. The monoisotopic (exact) mass is 472 g/mol. The van der Waals surface area contributed by atoms with E-state index in [9.17, 15) is 13.2 Å². The van der Waals surface area contributed by atoms with Crippen LogP contribution in [-0.2, 0) is 21.2 Å². The van der Waals surface area contributed by atoms with Gasteiger partial charge in [0, 0.05) is 23.9 Å². The first-order valence-corrected chi connectivity index (χ1v) is 12.3. The molecule has 0 saturated carbocycles. The molecule has 0 spiro atoms. The average molecular weight is 473 g/mol. The molecule has 3 aromatic heterocycles. The number of carbonyl (C=O) groups is 1. The number of thiophene rings is 2. The van der Waals surface area contributed by atoms with Gasteiger partial charge in [0.15, 0.2) is 0 Å². The number of hydrogen-bond donors (Lipinski definition) is 1. The van der Waals surface area contributed by atoms with Crippen molar-refractivity contribution in [1.29, 1.82) is 0 Å². The molecule has 29 heavy (non-hydrogen) atoms. The highest BCUT2D eigenvalue weighted by Crippen LogP contribution is 2.30. The molecule has 8 nitrogen and oxygen atoms in total. The number of amides is 1. The lowest BCUT2D eigenvalue weighted by molar-refractivity contribution is -0.121. The summed E-state index contributed by atoms with van der Waals surface area (Å²) in [6, 6.07) is 7.04. The van der Waals surface area contributed by atoms with Crippen molar-refractivity contribution >= 4 is 56.2 Å². The lowest BCUT2D eigenvalue weighted by Gasteiger charge is -2.29. The molecule has 1 N–H and O–H groups in total. The van der Waals surface area contributed by atoms with Gasteiger partial charge >= 0.3 is 6.01 Å². The first kappa shape index (κ1) is 20.5. The number of nitrogens with one attached hydrogen (secondary N) is 1. The summed E-state index contributed by atoms with van der Waals surface area (Å²) in [5.41, 5.74) is 0. The standard InChI is InChI=1S/C17H17ClN4O4S3/c18-13-3-4-15(28-13)29(24,25)22-7-5-11(6-8-22)16(23)19-17-21-20-14(26-17)10-12-2-1-9-27-12/h1-4,9,11H,5-8,10H2,(H,19,21,23). The van der Waals surface area contributed by atoms with Gasteiger partial charge in [-0.3, -0.25) is 10.1 Å². The minimum atomic E-state index is -3.58. The fourth-order valence-corrected chi connectivity index (χ4v) is 6.87. The van der Waals surface area contributed by atoms with E-state index in [1.807, 2.05) is 17.5 Å². The summed E-state index contributed by atoms with van der Waals surface area (Å²) in [7, 11) is -3.58. The molecule has 1 aliphatic rings. The molecule has 0 unspecified atom stereocenters. The van der Waals surface area contributed by atoms with Gasteiger partial charge in [-0.1, -0.05) is 22.8 Å². The third-order valence-electron chi connectivity index (χ3n) is 4.57. The lowest BCUT2D eigenvalue weighted by atomic mass is 9.97. The number of carbonyl (C=O) groups excluding carboxylic acids is 1. The minimum Gasteiger partial charge on any atom is -0.407 e. The molecule has 0 radical (unpaired) electrons. The fourth-order valence-electron chi connectivity index (χ4n) is 3.07. The molecule has 0 atom stereocenters. The highest BCUT2D eigenvalue weighted by Gasteiger charge is 2.33. The van der Waals surface area contributed by atoms with Crippen LogP contribution in [0.5, 0.6) is 0 Å². The van der Waals surface area contributed by atoms with Gasteiger partial charge in [0.05, 0.1) is 10.8 Å². The molecule has 1 fully saturated rings. The van der Waals surface area contributed by atoms with Crippen molar-refractivity contribution in [2.75, 3.05) is 18.4 Å². The van der Waals surface area contributed by atoms with Crippen LogP contribution in [0.1, 0.15) is 23.6 Å². The van der Waals surface area contributed by atoms with Crippen LogP contribution in [0, 0.1) is 5.92 Å². The summed E-state index contributed by atoms with van der Waals surface area (Å²) in [4.78, 5) is 13.6. The van der Waals surface area contributed by atoms with Crippen molar-refractivity contribution in [3.05, 3.63) is 44.7 Å². The first-order chi connectivity index (χ1) is 13.9. The SMILES string of the molecule is O=C(Nc1nnc(Cc2cccs2)o1)C1CCN(S(=O)(=O)c2ccc(Cl)s2)CC1. The topological polar surface area (TPSA) is 105 Å². The second kappa shape index (κ2) is 8.52. The zero-order valence-electron chi connectivity index (χ0n) is 15.1. The first-order valence-electron chi connectivity index (χ1n) is 8.83. The normalized spacial score (nSPS) is 16.2. The molecule has 4 heterocycles. The van der Waals surface area contributed by atoms with E-state index in [4.69, 9.17) is 16.0 Å². The summed E-state index contributed by atoms with van der Waals surface area (Å²) in [6.45, 7) is 0.535. The summed E-state index contributed by atoms with van der Waals surface area (Å²) in [5.74, 6) is -0.133. The number of sulfonamides is 1. The Hall–Kier alpha value is -1.79. The quantitative estimate of drug-likeness (QED) is 0.588. The Morgan fingerprint density at radius 2 is 2.07 bits per heavy atom. The molecule has 0 aromatic carbocycles. The maximum Gasteiger partial charge on any atom is 0.322 e. The molecule has 154 valence electrons. The second-order valence-electron chi connectivity index (χ2n) is 6.48. The molecule has 12 heteroatoms. The van der Waals surface area contributed by atoms with Crippen LogP contribution in [-0.4, -0.2) is 41.9 Å². The van der Waals surface area contributed by atoms with Crippen LogP contribution in [0.15, 0.2) is 38.3 Å². The average Bonchev–Trinajstić information content (AvgIpc) is 3.45. The van der Waals surface area contributed by atoms with E-state index in [0.29, 0.717) is 29.5 Å². The van der Waals surface area contributed by atoms with Gasteiger partial charge in [0.25, 0.3) is 10.0 Å².